The Kier molecular flexibility index (Phi) is 5.96. The Labute approximate surface area is 166 Å². The molecule has 28 heavy (non-hydrogen) atoms. The van der Waals surface area contributed by atoms with Gasteiger partial charge in [0.2, 0.25) is 5.91 Å². The maximum Gasteiger partial charge on any atom is 0.308 e. The van der Waals surface area contributed by atoms with Crippen LogP contribution in [0.5, 0.6) is 0 Å². The molecule has 0 aliphatic carbocycles. The second kappa shape index (κ2) is 8.59. The molecule has 2 amide bonds. The van der Waals surface area contributed by atoms with Gasteiger partial charge in [0.15, 0.2) is 6.10 Å². The number of esters is 1. The number of carbonyl (C=O) groups excluding carboxylic acids is 3. The van der Waals surface area contributed by atoms with Crippen LogP contribution in [0.1, 0.15) is 18.9 Å². The molecule has 2 aromatic carbocycles. The zero-order chi connectivity index (χ0) is 20.1. The van der Waals surface area contributed by atoms with E-state index in [0.717, 1.165) is 10.6 Å². The van der Waals surface area contributed by atoms with Gasteiger partial charge in [-0.2, -0.15) is 5.26 Å². The van der Waals surface area contributed by atoms with Crippen LogP contribution in [0.15, 0.2) is 53.4 Å². The number of anilines is 2. The second-order valence-electron chi connectivity index (χ2n) is 6.11. The number of ether oxygens (including phenoxy) is 1. The van der Waals surface area contributed by atoms with Crippen LogP contribution < -0.4 is 10.6 Å². The summed E-state index contributed by atoms with van der Waals surface area (Å²) < 4.78 is 5.17. The van der Waals surface area contributed by atoms with Gasteiger partial charge in [0.1, 0.15) is 0 Å². The average molecular weight is 395 g/mol. The predicted octanol–water partition coefficient (Wildman–Crippen LogP) is 2.93. The van der Waals surface area contributed by atoms with Gasteiger partial charge in [0.25, 0.3) is 5.91 Å². The largest absolute Gasteiger partial charge is 0.452 e. The van der Waals surface area contributed by atoms with Crippen LogP contribution in [0.4, 0.5) is 11.4 Å². The fourth-order valence-corrected chi connectivity index (χ4v) is 3.64. The van der Waals surface area contributed by atoms with Gasteiger partial charge in [0, 0.05) is 10.6 Å². The van der Waals surface area contributed by atoms with Gasteiger partial charge < -0.3 is 15.4 Å². The van der Waals surface area contributed by atoms with E-state index in [1.165, 1.54) is 18.7 Å². The van der Waals surface area contributed by atoms with Gasteiger partial charge in [-0.15, -0.1) is 11.8 Å². The summed E-state index contributed by atoms with van der Waals surface area (Å²) in [6, 6.07) is 15.7. The van der Waals surface area contributed by atoms with Crippen LogP contribution in [-0.4, -0.2) is 29.1 Å². The molecule has 7 nitrogen and oxygen atoms in total. The minimum absolute atomic E-state index is 0.140. The van der Waals surface area contributed by atoms with E-state index in [4.69, 9.17) is 10.00 Å². The van der Waals surface area contributed by atoms with Crippen molar-refractivity contribution in [2.75, 3.05) is 10.6 Å². The van der Waals surface area contributed by atoms with Gasteiger partial charge >= 0.3 is 5.97 Å². The summed E-state index contributed by atoms with van der Waals surface area (Å²) in [7, 11) is 0. The molecule has 1 aliphatic heterocycles. The SMILES string of the molecule is CC(OC(=O)CC1Sc2ccccc2NC1=O)C(=O)Nc1ccc(C#N)cc1. The maximum atomic E-state index is 12.2. The van der Waals surface area contributed by atoms with Gasteiger partial charge in [-0.25, -0.2) is 0 Å². The molecule has 0 aromatic heterocycles. The molecular weight excluding hydrogens is 378 g/mol. The van der Waals surface area contributed by atoms with Gasteiger partial charge in [-0.1, -0.05) is 12.1 Å². The average Bonchev–Trinajstić information content (AvgIpc) is 2.69. The van der Waals surface area contributed by atoms with E-state index in [0.29, 0.717) is 11.3 Å². The van der Waals surface area contributed by atoms with Gasteiger partial charge in [0.05, 0.1) is 29.0 Å². The standard InChI is InChI=1S/C20H17N3O4S/c1-12(19(25)22-14-8-6-13(11-21)7-9-14)27-18(24)10-17-20(26)23-15-4-2-3-5-16(15)28-17/h2-9,12,17H,10H2,1H3,(H,22,25)(H,23,26). The molecule has 0 saturated heterocycles. The number of benzene rings is 2. The molecule has 2 aromatic rings. The number of rotatable bonds is 5. The molecule has 8 heteroatoms. The highest BCUT2D eigenvalue weighted by Crippen LogP contribution is 2.36. The molecule has 2 atom stereocenters. The number of thioether (sulfide) groups is 1. The molecule has 2 unspecified atom stereocenters. The van der Waals surface area contributed by atoms with Crippen LogP contribution in [0.3, 0.4) is 0 Å². The minimum Gasteiger partial charge on any atom is -0.452 e. The summed E-state index contributed by atoms with van der Waals surface area (Å²) >= 11 is 1.30. The highest BCUT2D eigenvalue weighted by atomic mass is 32.2. The first-order chi connectivity index (χ1) is 13.5. The van der Waals surface area contributed by atoms with Gasteiger partial charge in [-0.3, -0.25) is 14.4 Å². The fraction of sp³-hybridized carbons (Fsp3) is 0.200. The molecule has 3 rings (SSSR count). The number of nitrogens with one attached hydrogen (secondary N) is 2. The normalized spacial score (nSPS) is 16.1. The van der Waals surface area contributed by atoms with E-state index >= 15 is 0 Å². The lowest BCUT2D eigenvalue weighted by molar-refractivity contribution is -0.153. The third kappa shape index (κ3) is 4.69. The number of nitrogens with zero attached hydrogens (tertiary/aromatic N) is 1. The smallest absolute Gasteiger partial charge is 0.308 e. The van der Waals surface area contributed by atoms with E-state index in [9.17, 15) is 14.4 Å². The van der Waals surface area contributed by atoms with E-state index < -0.39 is 23.2 Å². The molecule has 142 valence electrons. The summed E-state index contributed by atoms with van der Waals surface area (Å²) in [6.07, 6.45) is -1.16. The maximum absolute atomic E-state index is 12.2. The zero-order valence-electron chi connectivity index (χ0n) is 15.0. The topological polar surface area (TPSA) is 108 Å². The first-order valence-electron chi connectivity index (χ1n) is 8.53. The molecular formula is C20H17N3O4S. The molecule has 2 N–H and O–H groups in total. The molecule has 0 saturated carbocycles. The number of para-hydroxylation sites is 1. The third-order valence-electron chi connectivity index (χ3n) is 4.02. The van der Waals surface area contributed by atoms with Crippen molar-refractivity contribution in [3.8, 4) is 6.07 Å². The van der Waals surface area contributed by atoms with Crippen molar-refractivity contribution in [1.82, 2.24) is 0 Å². The molecule has 0 spiro atoms. The number of fused-ring (bicyclic) bond motifs is 1. The summed E-state index contributed by atoms with van der Waals surface area (Å²) in [6.45, 7) is 1.46. The molecule has 0 radical (unpaired) electrons. The fourth-order valence-electron chi connectivity index (χ4n) is 2.55. The lowest BCUT2D eigenvalue weighted by Crippen LogP contribution is -2.34. The van der Waals surface area contributed by atoms with E-state index in [1.54, 1.807) is 30.3 Å². The van der Waals surface area contributed by atoms with Crippen molar-refractivity contribution >= 4 is 40.9 Å². The Bertz CT molecular complexity index is 953. The molecule has 1 heterocycles. The van der Waals surface area contributed by atoms with Crippen molar-refractivity contribution in [3.05, 3.63) is 54.1 Å². The van der Waals surface area contributed by atoms with Crippen molar-refractivity contribution < 1.29 is 19.1 Å². The lowest BCUT2D eigenvalue weighted by Gasteiger charge is -2.23. The Morgan fingerprint density at radius 2 is 1.96 bits per heavy atom. The number of hydrogen-bond acceptors (Lipinski definition) is 6. The Morgan fingerprint density at radius 1 is 1.25 bits per heavy atom. The first-order valence-corrected chi connectivity index (χ1v) is 9.41. The van der Waals surface area contributed by atoms with Crippen LogP contribution in [-0.2, 0) is 19.1 Å². The number of hydrogen-bond donors (Lipinski definition) is 2. The van der Waals surface area contributed by atoms with Crippen molar-refractivity contribution in [2.45, 2.75) is 29.6 Å². The Morgan fingerprint density at radius 3 is 2.68 bits per heavy atom. The van der Waals surface area contributed by atoms with Crippen molar-refractivity contribution in [2.24, 2.45) is 0 Å². The van der Waals surface area contributed by atoms with Crippen LogP contribution in [0.25, 0.3) is 0 Å². The van der Waals surface area contributed by atoms with E-state index in [1.807, 2.05) is 24.3 Å². The molecule has 0 bridgehead atoms. The van der Waals surface area contributed by atoms with Crippen LogP contribution in [0.2, 0.25) is 0 Å². The second-order valence-corrected chi connectivity index (χ2v) is 7.35. The predicted molar refractivity (Wildman–Crippen MR) is 105 cm³/mol. The Hall–Kier alpha value is -3.31. The zero-order valence-corrected chi connectivity index (χ0v) is 15.8. The summed E-state index contributed by atoms with van der Waals surface area (Å²) in [5, 5.41) is 13.5. The molecule has 0 fully saturated rings. The quantitative estimate of drug-likeness (QED) is 0.754. The van der Waals surface area contributed by atoms with Crippen molar-refractivity contribution in [3.63, 3.8) is 0 Å². The number of carbonyl (C=O) groups is 3. The molecule has 1 aliphatic rings. The van der Waals surface area contributed by atoms with Gasteiger partial charge in [-0.05, 0) is 43.3 Å². The minimum atomic E-state index is -1.02. The highest BCUT2D eigenvalue weighted by Gasteiger charge is 2.30. The van der Waals surface area contributed by atoms with Crippen LogP contribution >= 0.6 is 11.8 Å². The van der Waals surface area contributed by atoms with E-state index in [-0.39, 0.29) is 12.3 Å². The number of amides is 2. The Balaban J connectivity index is 1.53. The highest BCUT2D eigenvalue weighted by molar-refractivity contribution is 8.01. The monoisotopic (exact) mass is 395 g/mol. The summed E-state index contributed by atoms with van der Waals surface area (Å²) in [4.78, 5) is 37.4. The number of nitriles is 1. The summed E-state index contributed by atoms with van der Waals surface area (Å²) in [5.74, 6) is -1.39. The first kappa shape index (κ1) is 19.5. The van der Waals surface area contributed by atoms with Crippen LogP contribution in [0, 0.1) is 11.3 Å². The summed E-state index contributed by atoms with van der Waals surface area (Å²) in [5.41, 5.74) is 1.69. The third-order valence-corrected chi connectivity index (χ3v) is 5.29. The lowest BCUT2D eigenvalue weighted by atomic mass is 10.2. The van der Waals surface area contributed by atoms with Crippen molar-refractivity contribution in [1.29, 1.82) is 5.26 Å². The van der Waals surface area contributed by atoms with E-state index in [2.05, 4.69) is 10.6 Å².